The molecule has 0 saturated carbocycles. The maximum atomic E-state index is 7.20. The molecule has 43 heavy (non-hydrogen) atoms. The SMILES string of the molecule is CN1c2ccc3ccccc3c2C(C)(C)C1/C=C/C1=C(Cl)C(=C/CC2N(C)c3ccc4ccccc4c3C2(C)C)/CCC1. The van der Waals surface area contributed by atoms with E-state index in [2.05, 4.69) is 143 Å². The fourth-order valence-corrected chi connectivity index (χ4v) is 8.92. The van der Waals surface area contributed by atoms with Gasteiger partial charge in [-0.15, -0.1) is 0 Å². The highest BCUT2D eigenvalue weighted by Crippen LogP contribution is 2.50. The molecule has 0 bridgehead atoms. The first-order valence-corrected chi connectivity index (χ1v) is 16.2. The quantitative estimate of drug-likeness (QED) is 0.235. The molecule has 2 aliphatic heterocycles. The van der Waals surface area contributed by atoms with Crippen LogP contribution in [-0.4, -0.2) is 26.2 Å². The van der Waals surface area contributed by atoms with E-state index < -0.39 is 0 Å². The van der Waals surface area contributed by atoms with Gasteiger partial charge < -0.3 is 9.80 Å². The number of likely N-dealkylation sites (N-methyl/N-ethyl adjacent to an activating group) is 2. The lowest BCUT2D eigenvalue weighted by molar-refractivity contribution is 0.431. The number of allylic oxidation sites excluding steroid dienone is 4. The molecule has 0 radical (unpaired) electrons. The summed E-state index contributed by atoms with van der Waals surface area (Å²) >= 11 is 7.20. The first-order valence-electron chi connectivity index (χ1n) is 15.9. The van der Waals surface area contributed by atoms with Gasteiger partial charge in [-0.2, -0.15) is 0 Å². The summed E-state index contributed by atoms with van der Waals surface area (Å²) in [5.74, 6) is 0. The van der Waals surface area contributed by atoms with Crippen molar-refractivity contribution in [3.63, 3.8) is 0 Å². The first-order chi connectivity index (χ1) is 20.6. The van der Waals surface area contributed by atoms with Crippen LogP contribution in [-0.2, 0) is 10.8 Å². The van der Waals surface area contributed by atoms with Crippen LogP contribution in [0, 0.1) is 0 Å². The Morgan fingerprint density at radius 3 is 1.98 bits per heavy atom. The summed E-state index contributed by atoms with van der Waals surface area (Å²) in [5, 5.41) is 6.34. The molecule has 1 aliphatic carbocycles. The van der Waals surface area contributed by atoms with Gasteiger partial charge in [-0.1, -0.05) is 118 Å². The van der Waals surface area contributed by atoms with Crippen molar-refractivity contribution in [3.05, 3.63) is 118 Å². The van der Waals surface area contributed by atoms with Crippen molar-refractivity contribution >= 4 is 44.5 Å². The van der Waals surface area contributed by atoms with Gasteiger partial charge in [0.25, 0.3) is 0 Å². The van der Waals surface area contributed by atoms with E-state index in [0.717, 1.165) is 30.7 Å². The number of rotatable bonds is 4. The standard InChI is InChI=1S/C40H43ClN2/c1-39(2)34(42(5)32-22-18-26-12-7-9-16-30(26)36(32)39)24-20-28-14-11-15-29(38(28)41)21-25-35-40(3,4)37-31-17-10-8-13-27(31)19-23-33(37)43(35)6/h7-10,12-13,16-24,34-35H,11,14-15,25H2,1-6H3/b24-20+,29-21+. The minimum absolute atomic E-state index is 0.0142. The molecular weight excluding hydrogens is 544 g/mol. The summed E-state index contributed by atoms with van der Waals surface area (Å²) in [6.07, 6.45) is 11.4. The topological polar surface area (TPSA) is 6.48 Å². The van der Waals surface area contributed by atoms with Gasteiger partial charge in [0.2, 0.25) is 0 Å². The van der Waals surface area contributed by atoms with E-state index in [9.17, 15) is 0 Å². The second kappa shape index (κ2) is 10.3. The summed E-state index contributed by atoms with van der Waals surface area (Å²) in [6.45, 7) is 9.61. The van der Waals surface area contributed by atoms with E-state index >= 15 is 0 Å². The predicted molar refractivity (Wildman–Crippen MR) is 187 cm³/mol. The van der Waals surface area contributed by atoms with Crippen molar-refractivity contribution in [1.29, 1.82) is 0 Å². The van der Waals surface area contributed by atoms with E-state index in [-0.39, 0.29) is 16.9 Å². The van der Waals surface area contributed by atoms with E-state index in [4.69, 9.17) is 11.6 Å². The van der Waals surface area contributed by atoms with Crippen LogP contribution < -0.4 is 9.80 Å². The molecule has 4 aromatic carbocycles. The smallest absolute Gasteiger partial charge is 0.0565 e. The summed E-state index contributed by atoms with van der Waals surface area (Å²) in [5.41, 5.74) is 8.22. The lowest BCUT2D eigenvalue weighted by Gasteiger charge is -2.32. The van der Waals surface area contributed by atoms with E-state index in [1.807, 2.05) is 0 Å². The molecule has 0 spiro atoms. The summed E-state index contributed by atoms with van der Waals surface area (Å²) in [6, 6.07) is 27.4. The van der Waals surface area contributed by atoms with Gasteiger partial charge in [0, 0.05) is 47.4 Å². The maximum absolute atomic E-state index is 7.20. The Bertz CT molecular complexity index is 1840. The van der Waals surface area contributed by atoms with Crippen LogP contribution in [0.5, 0.6) is 0 Å². The number of fused-ring (bicyclic) bond motifs is 6. The Morgan fingerprint density at radius 2 is 1.33 bits per heavy atom. The number of hydrogen-bond acceptors (Lipinski definition) is 2. The number of hydrogen-bond donors (Lipinski definition) is 0. The molecule has 2 unspecified atom stereocenters. The Labute approximate surface area is 262 Å². The van der Waals surface area contributed by atoms with E-state index in [1.54, 1.807) is 0 Å². The number of nitrogens with zero attached hydrogens (tertiary/aromatic N) is 2. The Kier molecular flexibility index (Phi) is 6.78. The van der Waals surface area contributed by atoms with Crippen LogP contribution in [0.2, 0.25) is 0 Å². The van der Waals surface area contributed by atoms with Crippen molar-refractivity contribution in [2.24, 2.45) is 0 Å². The molecule has 0 amide bonds. The van der Waals surface area contributed by atoms with Crippen LogP contribution in [0.3, 0.4) is 0 Å². The fourth-order valence-electron chi connectivity index (χ4n) is 8.59. The highest BCUT2D eigenvalue weighted by molar-refractivity contribution is 6.32. The van der Waals surface area contributed by atoms with Gasteiger partial charge in [-0.05, 0) is 81.6 Å². The van der Waals surface area contributed by atoms with Gasteiger partial charge in [0.1, 0.15) is 0 Å². The minimum Gasteiger partial charge on any atom is -0.370 e. The van der Waals surface area contributed by atoms with Crippen LogP contribution in [0.1, 0.15) is 64.5 Å². The minimum atomic E-state index is -0.0142. The molecule has 220 valence electrons. The Morgan fingerprint density at radius 1 is 0.744 bits per heavy atom. The molecule has 0 fully saturated rings. The second-order valence-corrected chi connectivity index (χ2v) is 14.4. The van der Waals surface area contributed by atoms with E-state index in [0.29, 0.717) is 6.04 Å². The van der Waals surface area contributed by atoms with Gasteiger partial charge >= 0.3 is 0 Å². The van der Waals surface area contributed by atoms with Crippen molar-refractivity contribution in [3.8, 4) is 0 Å². The fraction of sp³-hybridized carbons (Fsp3) is 0.350. The lowest BCUT2D eigenvalue weighted by Crippen LogP contribution is -2.39. The Balaban J connectivity index is 1.16. The van der Waals surface area contributed by atoms with Crippen LogP contribution >= 0.6 is 11.6 Å². The molecule has 4 aromatic rings. The molecule has 3 aliphatic rings. The Hall–Kier alpha value is -3.49. The normalized spacial score (nSPS) is 23.7. The molecule has 2 atom stereocenters. The molecular formula is C40H43ClN2. The number of anilines is 2. The lowest BCUT2D eigenvalue weighted by atomic mass is 9.77. The zero-order valence-electron chi connectivity index (χ0n) is 26.4. The predicted octanol–water partition coefficient (Wildman–Crippen LogP) is 10.4. The van der Waals surface area contributed by atoms with Crippen molar-refractivity contribution < 1.29 is 0 Å². The summed E-state index contributed by atoms with van der Waals surface area (Å²) < 4.78 is 0. The molecule has 2 heterocycles. The second-order valence-electron chi connectivity index (χ2n) is 14.0. The van der Waals surface area contributed by atoms with Crippen molar-refractivity contribution in [2.45, 2.75) is 76.3 Å². The molecule has 3 heteroatoms. The van der Waals surface area contributed by atoms with Crippen LogP contribution in [0.15, 0.2) is 107 Å². The molecule has 0 N–H and O–H groups in total. The third kappa shape index (κ3) is 4.36. The highest BCUT2D eigenvalue weighted by atomic mass is 35.5. The molecule has 7 rings (SSSR count). The monoisotopic (exact) mass is 586 g/mol. The highest BCUT2D eigenvalue weighted by Gasteiger charge is 2.44. The van der Waals surface area contributed by atoms with Gasteiger partial charge in [0.05, 0.1) is 6.04 Å². The molecule has 0 saturated heterocycles. The third-order valence-electron chi connectivity index (χ3n) is 10.8. The number of benzene rings is 4. The van der Waals surface area contributed by atoms with Gasteiger partial charge in [-0.3, -0.25) is 0 Å². The van der Waals surface area contributed by atoms with Crippen LogP contribution in [0.4, 0.5) is 11.4 Å². The van der Waals surface area contributed by atoms with E-state index in [1.165, 1.54) is 55.2 Å². The molecule has 2 nitrogen and oxygen atoms in total. The van der Waals surface area contributed by atoms with Crippen LogP contribution in [0.25, 0.3) is 21.5 Å². The van der Waals surface area contributed by atoms with Crippen molar-refractivity contribution in [1.82, 2.24) is 0 Å². The third-order valence-corrected chi connectivity index (χ3v) is 11.3. The van der Waals surface area contributed by atoms with Gasteiger partial charge in [0.15, 0.2) is 0 Å². The largest absolute Gasteiger partial charge is 0.370 e. The molecule has 0 aromatic heterocycles. The van der Waals surface area contributed by atoms with Crippen molar-refractivity contribution in [2.75, 3.05) is 23.9 Å². The average molecular weight is 587 g/mol. The zero-order valence-corrected chi connectivity index (χ0v) is 27.2. The number of halogens is 1. The van der Waals surface area contributed by atoms with Gasteiger partial charge in [-0.25, -0.2) is 0 Å². The zero-order chi connectivity index (χ0) is 30.1. The first kappa shape index (κ1) is 28.3. The summed E-state index contributed by atoms with van der Waals surface area (Å²) in [4.78, 5) is 4.95. The summed E-state index contributed by atoms with van der Waals surface area (Å²) in [7, 11) is 4.50. The maximum Gasteiger partial charge on any atom is 0.0565 e. The average Bonchev–Trinajstić information content (AvgIpc) is 3.33.